The van der Waals surface area contributed by atoms with Gasteiger partial charge in [-0.15, -0.1) is 0 Å². The number of anilines is 1. The molecule has 0 aliphatic carbocycles. The van der Waals surface area contributed by atoms with E-state index >= 15 is 0 Å². The molecular weight excluding hydrogens is 466 g/mol. The fourth-order valence-corrected chi connectivity index (χ4v) is 5.46. The maximum absolute atomic E-state index is 13.8. The van der Waals surface area contributed by atoms with E-state index in [1.165, 1.54) is 5.56 Å². The molecule has 3 aromatic rings. The van der Waals surface area contributed by atoms with E-state index in [1.807, 2.05) is 49.1 Å². The highest BCUT2D eigenvalue weighted by Gasteiger charge is 2.58. The Labute approximate surface area is 210 Å². The van der Waals surface area contributed by atoms with Crippen LogP contribution < -0.4 is 15.4 Å². The van der Waals surface area contributed by atoms with E-state index in [0.717, 1.165) is 23.3 Å². The Morgan fingerprint density at radius 1 is 1.15 bits per heavy atom. The molecule has 2 aliphatic heterocycles. The molecule has 3 aromatic carbocycles. The summed E-state index contributed by atoms with van der Waals surface area (Å²) in [4.78, 5) is 15.8. The first kappa shape index (κ1) is 22.7. The molecule has 0 saturated carbocycles. The first-order valence-corrected chi connectivity index (χ1v) is 12.1. The molecule has 2 aliphatic rings. The summed E-state index contributed by atoms with van der Waals surface area (Å²) in [5, 5.41) is 7.73. The number of nitrogens with one attached hydrogen (secondary N) is 2. The normalized spacial score (nSPS) is 22.9. The molecule has 1 amide bonds. The third-order valence-electron chi connectivity index (χ3n) is 6.65. The van der Waals surface area contributed by atoms with Crippen molar-refractivity contribution in [2.75, 3.05) is 11.9 Å². The zero-order valence-electron chi connectivity index (χ0n) is 19.0. The fraction of sp³-hybridized carbons (Fsp3) is 0.259. The van der Waals surface area contributed by atoms with Crippen molar-refractivity contribution in [3.8, 4) is 5.75 Å². The largest absolute Gasteiger partial charge is 0.467 e. The van der Waals surface area contributed by atoms with Gasteiger partial charge >= 0.3 is 0 Å². The molecule has 0 radical (unpaired) electrons. The van der Waals surface area contributed by atoms with Gasteiger partial charge in [-0.1, -0.05) is 59.6 Å². The minimum atomic E-state index is -0.958. The quantitative estimate of drug-likeness (QED) is 0.462. The molecule has 7 heteroatoms. The highest BCUT2D eigenvalue weighted by molar-refractivity contribution is 7.80. The number of carbonyl (C=O) groups excluding carboxylic acids is 1. The molecular formula is C27H26ClN3O2S. The van der Waals surface area contributed by atoms with Gasteiger partial charge in [0.25, 0.3) is 0 Å². The Balaban J connectivity index is 1.51. The van der Waals surface area contributed by atoms with Crippen LogP contribution in [0.4, 0.5) is 5.69 Å². The lowest BCUT2D eigenvalue weighted by Crippen LogP contribution is -2.71. The van der Waals surface area contributed by atoms with Gasteiger partial charge in [-0.05, 0) is 68.4 Å². The fourth-order valence-electron chi connectivity index (χ4n) is 4.93. The second-order valence-electron chi connectivity index (χ2n) is 8.99. The Bertz CT molecular complexity index is 1230. The first-order chi connectivity index (χ1) is 16.3. The Hall–Kier alpha value is -3.09. The summed E-state index contributed by atoms with van der Waals surface area (Å²) in [5.41, 5.74) is 2.97. The molecule has 5 nitrogen and oxygen atoms in total. The van der Waals surface area contributed by atoms with Crippen molar-refractivity contribution < 1.29 is 9.53 Å². The van der Waals surface area contributed by atoms with Crippen LogP contribution >= 0.6 is 23.8 Å². The molecule has 0 aromatic heterocycles. The van der Waals surface area contributed by atoms with E-state index in [-0.39, 0.29) is 11.9 Å². The van der Waals surface area contributed by atoms with Gasteiger partial charge in [0.2, 0.25) is 5.91 Å². The maximum Gasteiger partial charge on any atom is 0.236 e. The second-order valence-corrected chi connectivity index (χ2v) is 9.81. The highest BCUT2D eigenvalue weighted by Crippen LogP contribution is 2.48. The van der Waals surface area contributed by atoms with Crippen molar-refractivity contribution in [3.63, 3.8) is 0 Å². The minimum Gasteiger partial charge on any atom is -0.467 e. The van der Waals surface area contributed by atoms with Crippen molar-refractivity contribution in [2.24, 2.45) is 5.92 Å². The van der Waals surface area contributed by atoms with Gasteiger partial charge in [-0.2, -0.15) is 0 Å². The summed E-state index contributed by atoms with van der Waals surface area (Å²) >= 11 is 11.8. The molecule has 34 heavy (non-hydrogen) atoms. The van der Waals surface area contributed by atoms with Gasteiger partial charge < -0.3 is 20.3 Å². The highest BCUT2D eigenvalue weighted by atomic mass is 35.5. The predicted octanol–water partition coefficient (Wildman–Crippen LogP) is 5.49. The smallest absolute Gasteiger partial charge is 0.236 e. The van der Waals surface area contributed by atoms with Crippen LogP contribution in [0.5, 0.6) is 5.75 Å². The van der Waals surface area contributed by atoms with Crippen LogP contribution in [0.1, 0.15) is 29.7 Å². The monoisotopic (exact) mass is 491 g/mol. The van der Waals surface area contributed by atoms with Crippen LogP contribution in [-0.4, -0.2) is 28.2 Å². The van der Waals surface area contributed by atoms with E-state index in [1.54, 1.807) is 24.3 Å². The molecule has 1 saturated heterocycles. The third-order valence-corrected chi connectivity index (χ3v) is 7.24. The summed E-state index contributed by atoms with van der Waals surface area (Å²) in [7, 11) is 0. The van der Waals surface area contributed by atoms with Gasteiger partial charge in [0.05, 0.1) is 6.04 Å². The summed E-state index contributed by atoms with van der Waals surface area (Å²) in [6, 6.07) is 23.1. The molecule has 5 rings (SSSR count). The number of amides is 1. The lowest BCUT2D eigenvalue weighted by Gasteiger charge is -2.56. The average molecular weight is 492 g/mol. The van der Waals surface area contributed by atoms with Crippen LogP contribution in [0.2, 0.25) is 5.02 Å². The van der Waals surface area contributed by atoms with Crippen LogP contribution in [0.25, 0.3) is 0 Å². The lowest BCUT2D eigenvalue weighted by atomic mass is 9.78. The number of ether oxygens (including phenoxy) is 1. The molecule has 174 valence electrons. The molecule has 3 unspecified atom stereocenters. The van der Waals surface area contributed by atoms with Crippen molar-refractivity contribution in [1.82, 2.24) is 10.2 Å². The third kappa shape index (κ3) is 4.12. The SMILES string of the molecule is Cc1ccc2c(c1)C1NC(=S)N(CCc3ccccc3)C(C)(O2)C1C(=O)Nc1ccc(Cl)cc1. The number of benzene rings is 3. The molecule has 3 atom stereocenters. The molecule has 2 bridgehead atoms. The van der Waals surface area contributed by atoms with Crippen molar-refractivity contribution >= 4 is 40.5 Å². The molecule has 2 N–H and O–H groups in total. The van der Waals surface area contributed by atoms with Crippen LogP contribution in [-0.2, 0) is 11.2 Å². The van der Waals surface area contributed by atoms with E-state index in [9.17, 15) is 4.79 Å². The van der Waals surface area contributed by atoms with Crippen molar-refractivity contribution in [3.05, 3.63) is 94.5 Å². The number of halogens is 1. The Morgan fingerprint density at radius 2 is 1.88 bits per heavy atom. The van der Waals surface area contributed by atoms with Crippen LogP contribution in [0.3, 0.4) is 0 Å². The van der Waals surface area contributed by atoms with Crippen LogP contribution in [0, 0.1) is 12.8 Å². The van der Waals surface area contributed by atoms with Gasteiger partial charge in [0, 0.05) is 22.8 Å². The zero-order valence-corrected chi connectivity index (χ0v) is 20.6. The summed E-state index contributed by atoms with van der Waals surface area (Å²) in [6.45, 7) is 4.61. The number of rotatable bonds is 5. The van der Waals surface area contributed by atoms with Gasteiger partial charge in [-0.3, -0.25) is 4.79 Å². The van der Waals surface area contributed by atoms with Gasteiger partial charge in [0.15, 0.2) is 10.8 Å². The minimum absolute atomic E-state index is 0.137. The number of fused-ring (bicyclic) bond motifs is 4. The number of carbonyl (C=O) groups is 1. The topological polar surface area (TPSA) is 53.6 Å². The van der Waals surface area contributed by atoms with Crippen molar-refractivity contribution in [1.29, 1.82) is 0 Å². The van der Waals surface area contributed by atoms with E-state index in [4.69, 9.17) is 28.6 Å². The van der Waals surface area contributed by atoms with E-state index < -0.39 is 11.6 Å². The van der Waals surface area contributed by atoms with Gasteiger partial charge in [-0.25, -0.2) is 0 Å². The Morgan fingerprint density at radius 3 is 2.62 bits per heavy atom. The average Bonchev–Trinajstić information content (AvgIpc) is 2.81. The summed E-state index contributed by atoms with van der Waals surface area (Å²) in [5.74, 6) is 0.0926. The zero-order chi connectivity index (χ0) is 23.9. The predicted molar refractivity (Wildman–Crippen MR) is 139 cm³/mol. The van der Waals surface area contributed by atoms with E-state index in [0.29, 0.717) is 22.4 Å². The van der Waals surface area contributed by atoms with Crippen LogP contribution in [0.15, 0.2) is 72.8 Å². The number of aryl methyl sites for hydroxylation is 1. The second kappa shape index (κ2) is 8.93. The van der Waals surface area contributed by atoms with Crippen molar-refractivity contribution in [2.45, 2.75) is 32.0 Å². The Kier molecular flexibility index (Phi) is 5.96. The number of thiocarbonyl (C=S) groups is 1. The number of nitrogens with zero attached hydrogens (tertiary/aromatic N) is 1. The standard InChI is InChI=1S/C27H26ClN3O2S/c1-17-8-13-22-21(16-17)24-23(25(32)29-20-11-9-19(28)10-12-20)27(2,33-22)31(26(34)30-24)15-14-18-6-4-3-5-7-18/h3-13,16,23-24H,14-15H2,1-2H3,(H,29,32)(H,30,34). The molecule has 1 fully saturated rings. The first-order valence-electron chi connectivity index (χ1n) is 11.3. The molecule has 0 spiro atoms. The maximum atomic E-state index is 13.8. The molecule has 2 heterocycles. The number of hydrogen-bond donors (Lipinski definition) is 2. The summed E-state index contributed by atoms with van der Waals surface area (Å²) < 4.78 is 6.62. The lowest BCUT2D eigenvalue weighted by molar-refractivity contribution is -0.149. The summed E-state index contributed by atoms with van der Waals surface area (Å²) in [6.07, 6.45) is 0.776. The number of hydrogen-bond acceptors (Lipinski definition) is 3. The van der Waals surface area contributed by atoms with Gasteiger partial charge in [0.1, 0.15) is 11.7 Å². The van der Waals surface area contributed by atoms with E-state index in [2.05, 4.69) is 28.8 Å².